The van der Waals surface area contributed by atoms with Crippen LogP contribution in [0, 0.1) is 0 Å². The molecule has 5 nitrogen and oxygen atoms in total. The van der Waals surface area contributed by atoms with Crippen LogP contribution in [0.4, 0.5) is 5.69 Å². The topological polar surface area (TPSA) is 71.2 Å². The Labute approximate surface area is 157 Å². The Morgan fingerprint density at radius 3 is 2.67 bits per heavy atom. The van der Waals surface area contributed by atoms with Gasteiger partial charge in [0.05, 0.1) is 12.6 Å². The molecular formula is C22H22N2O3. The lowest BCUT2D eigenvalue weighted by Crippen LogP contribution is -2.14. The van der Waals surface area contributed by atoms with Crippen molar-refractivity contribution in [2.75, 3.05) is 12.4 Å². The van der Waals surface area contributed by atoms with E-state index < -0.39 is 0 Å². The Balaban J connectivity index is 1.45. The lowest BCUT2D eigenvalue weighted by molar-refractivity contribution is -0.116. The van der Waals surface area contributed by atoms with Gasteiger partial charge >= 0.3 is 0 Å². The second-order valence-corrected chi connectivity index (χ2v) is 6.92. The number of hydrogen-bond acceptors (Lipinski definition) is 3. The van der Waals surface area contributed by atoms with Gasteiger partial charge in [0.2, 0.25) is 5.91 Å². The molecule has 3 aromatic rings. The first-order valence-corrected chi connectivity index (χ1v) is 9.24. The van der Waals surface area contributed by atoms with Gasteiger partial charge in [-0.3, -0.25) is 9.59 Å². The van der Waals surface area contributed by atoms with Crippen molar-refractivity contribution in [3.05, 3.63) is 69.5 Å². The largest absolute Gasteiger partial charge is 0.497 e. The number of aromatic amines is 1. The highest BCUT2D eigenvalue weighted by Crippen LogP contribution is 2.27. The van der Waals surface area contributed by atoms with Crippen LogP contribution in [0.1, 0.15) is 29.5 Å². The molecule has 0 saturated carbocycles. The van der Waals surface area contributed by atoms with Crippen LogP contribution in [-0.4, -0.2) is 18.0 Å². The van der Waals surface area contributed by atoms with Crippen LogP contribution in [0.25, 0.3) is 10.9 Å². The molecule has 0 aliphatic heterocycles. The van der Waals surface area contributed by atoms with Crippen LogP contribution in [0.5, 0.6) is 5.75 Å². The minimum absolute atomic E-state index is 0.00187. The fourth-order valence-corrected chi connectivity index (χ4v) is 3.75. The van der Waals surface area contributed by atoms with Gasteiger partial charge in [-0.25, -0.2) is 0 Å². The normalized spacial score (nSPS) is 12.8. The van der Waals surface area contributed by atoms with Gasteiger partial charge in [-0.05, 0) is 61.1 Å². The predicted molar refractivity (Wildman–Crippen MR) is 107 cm³/mol. The summed E-state index contributed by atoms with van der Waals surface area (Å²) in [5.74, 6) is 0.758. The fraction of sp³-hybridized carbons (Fsp3) is 0.273. The van der Waals surface area contributed by atoms with Gasteiger partial charge < -0.3 is 15.0 Å². The van der Waals surface area contributed by atoms with Crippen molar-refractivity contribution < 1.29 is 9.53 Å². The van der Waals surface area contributed by atoms with E-state index in [0.29, 0.717) is 18.5 Å². The molecule has 2 N–H and O–H groups in total. The standard InChI is InChI=1S/C22H22N2O3/c1-27-16-9-5-14(6-10-16)7-12-21(25)23-15-8-11-18-17-3-2-4-19(17)22(26)24-20(18)13-15/h5-6,8-11,13H,2-4,7,12H2,1H3,(H,23,25)(H,24,26). The summed E-state index contributed by atoms with van der Waals surface area (Å²) in [4.78, 5) is 27.5. The van der Waals surface area contributed by atoms with Gasteiger partial charge in [-0.1, -0.05) is 18.2 Å². The molecule has 1 heterocycles. The van der Waals surface area contributed by atoms with Crippen molar-refractivity contribution in [3.8, 4) is 5.75 Å². The number of pyridine rings is 1. The Morgan fingerprint density at radius 1 is 1.11 bits per heavy atom. The van der Waals surface area contributed by atoms with E-state index in [9.17, 15) is 9.59 Å². The fourth-order valence-electron chi connectivity index (χ4n) is 3.75. The quantitative estimate of drug-likeness (QED) is 0.728. The first-order chi connectivity index (χ1) is 13.1. The molecule has 138 valence electrons. The van der Waals surface area contributed by atoms with Crippen molar-refractivity contribution in [2.24, 2.45) is 0 Å². The second-order valence-electron chi connectivity index (χ2n) is 6.92. The summed E-state index contributed by atoms with van der Waals surface area (Å²) < 4.78 is 5.14. The Morgan fingerprint density at radius 2 is 1.89 bits per heavy atom. The molecule has 0 fully saturated rings. The molecule has 0 radical (unpaired) electrons. The van der Waals surface area contributed by atoms with E-state index in [1.807, 2.05) is 42.5 Å². The highest BCUT2D eigenvalue weighted by atomic mass is 16.5. The van der Waals surface area contributed by atoms with Crippen molar-refractivity contribution in [3.63, 3.8) is 0 Å². The molecule has 4 rings (SSSR count). The molecule has 1 aliphatic carbocycles. The van der Waals surface area contributed by atoms with Gasteiger partial charge in [-0.15, -0.1) is 0 Å². The number of carbonyl (C=O) groups excluding carboxylic acids is 1. The average molecular weight is 362 g/mol. The highest BCUT2D eigenvalue weighted by molar-refractivity contribution is 5.94. The van der Waals surface area contributed by atoms with E-state index in [1.165, 1.54) is 0 Å². The number of aromatic nitrogens is 1. The molecular weight excluding hydrogens is 340 g/mol. The van der Waals surface area contributed by atoms with E-state index in [4.69, 9.17) is 4.74 Å². The molecule has 0 spiro atoms. The minimum Gasteiger partial charge on any atom is -0.497 e. The molecule has 1 amide bonds. The number of benzene rings is 2. The number of nitrogens with one attached hydrogen (secondary N) is 2. The third-order valence-electron chi connectivity index (χ3n) is 5.17. The third kappa shape index (κ3) is 3.58. The Kier molecular flexibility index (Phi) is 4.67. The first-order valence-electron chi connectivity index (χ1n) is 9.24. The summed E-state index contributed by atoms with van der Waals surface area (Å²) >= 11 is 0. The lowest BCUT2D eigenvalue weighted by Gasteiger charge is -2.09. The van der Waals surface area contributed by atoms with Gasteiger partial charge in [-0.2, -0.15) is 0 Å². The van der Waals surface area contributed by atoms with Crippen LogP contribution in [0.15, 0.2) is 47.3 Å². The smallest absolute Gasteiger partial charge is 0.251 e. The molecule has 1 aliphatic rings. The van der Waals surface area contributed by atoms with Gasteiger partial charge in [0.15, 0.2) is 0 Å². The predicted octanol–water partition coefficient (Wildman–Crippen LogP) is 3.60. The average Bonchev–Trinajstić information content (AvgIpc) is 3.17. The third-order valence-corrected chi connectivity index (χ3v) is 5.17. The Hall–Kier alpha value is -3.08. The summed E-state index contributed by atoms with van der Waals surface area (Å²) in [6, 6.07) is 13.5. The van der Waals surface area contributed by atoms with Crippen LogP contribution in [0.3, 0.4) is 0 Å². The van der Waals surface area contributed by atoms with Crippen LogP contribution < -0.4 is 15.6 Å². The second kappa shape index (κ2) is 7.27. The summed E-state index contributed by atoms with van der Waals surface area (Å²) in [5.41, 5.74) is 4.65. The van der Waals surface area contributed by atoms with E-state index in [-0.39, 0.29) is 11.5 Å². The van der Waals surface area contributed by atoms with Crippen LogP contribution in [-0.2, 0) is 24.1 Å². The van der Waals surface area contributed by atoms with Crippen molar-refractivity contribution in [2.45, 2.75) is 32.1 Å². The zero-order valence-corrected chi connectivity index (χ0v) is 15.3. The number of methoxy groups -OCH3 is 1. The number of aryl methyl sites for hydroxylation is 2. The maximum absolute atomic E-state index is 12.3. The van der Waals surface area contributed by atoms with Crippen LogP contribution in [0.2, 0.25) is 0 Å². The van der Waals surface area contributed by atoms with Crippen molar-refractivity contribution >= 4 is 22.5 Å². The number of amides is 1. The molecule has 0 saturated heterocycles. The monoisotopic (exact) mass is 362 g/mol. The molecule has 2 aromatic carbocycles. The number of carbonyl (C=O) groups is 1. The van der Waals surface area contributed by atoms with E-state index in [1.54, 1.807) is 7.11 Å². The number of ether oxygens (including phenoxy) is 1. The first kappa shape index (κ1) is 17.3. The molecule has 0 unspecified atom stereocenters. The molecule has 5 heteroatoms. The van der Waals surface area contributed by atoms with E-state index in [0.717, 1.165) is 52.6 Å². The maximum Gasteiger partial charge on any atom is 0.251 e. The molecule has 0 bridgehead atoms. The summed E-state index contributed by atoms with van der Waals surface area (Å²) in [6.45, 7) is 0. The minimum atomic E-state index is -0.0475. The highest BCUT2D eigenvalue weighted by Gasteiger charge is 2.18. The SMILES string of the molecule is COc1ccc(CCC(=O)Nc2ccc3c4c(c(=O)[nH]c3c2)CCC4)cc1. The number of hydrogen-bond donors (Lipinski definition) is 2. The van der Waals surface area contributed by atoms with Crippen LogP contribution >= 0.6 is 0 Å². The van der Waals surface area contributed by atoms with Crippen molar-refractivity contribution in [1.82, 2.24) is 4.98 Å². The lowest BCUT2D eigenvalue weighted by atomic mass is 10.1. The van der Waals surface area contributed by atoms with E-state index >= 15 is 0 Å². The summed E-state index contributed by atoms with van der Waals surface area (Å²) in [5, 5.41) is 4.01. The number of fused-ring (bicyclic) bond motifs is 3. The number of anilines is 1. The van der Waals surface area contributed by atoms with Crippen molar-refractivity contribution in [1.29, 1.82) is 0 Å². The van der Waals surface area contributed by atoms with Gasteiger partial charge in [0.25, 0.3) is 5.56 Å². The van der Waals surface area contributed by atoms with Gasteiger partial charge in [0.1, 0.15) is 5.75 Å². The molecule has 27 heavy (non-hydrogen) atoms. The zero-order valence-electron chi connectivity index (χ0n) is 15.3. The number of H-pyrrole nitrogens is 1. The Bertz CT molecular complexity index is 1050. The summed E-state index contributed by atoms with van der Waals surface area (Å²) in [7, 11) is 1.63. The molecule has 1 aromatic heterocycles. The number of rotatable bonds is 5. The maximum atomic E-state index is 12.3. The van der Waals surface area contributed by atoms with E-state index in [2.05, 4.69) is 10.3 Å². The molecule has 0 atom stereocenters. The van der Waals surface area contributed by atoms with Gasteiger partial charge in [0, 0.05) is 23.1 Å². The summed E-state index contributed by atoms with van der Waals surface area (Å²) in [6.07, 6.45) is 3.88. The zero-order chi connectivity index (χ0) is 18.8.